The van der Waals surface area contributed by atoms with E-state index >= 15 is 0 Å². The molecule has 118 valence electrons. The summed E-state index contributed by atoms with van der Waals surface area (Å²) in [7, 11) is 3.94. The van der Waals surface area contributed by atoms with Crippen molar-refractivity contribution in [3.8, 4) is 0 Å². The first-order valence-electron chi connectivity index (χ1n) is 7.23. The number of benzene rings is 2. The molecule has 0 radical (unpaired) electrons. The highest BCUT2D eigenvalue weighted by Gasteiger charge is 2.10. The summed E-state index contributed by atoms with van der Waals surface area (Å²) < 4.78 is 0. The Morgan fingerprint density at radius 2 is 1.64 bits per heavy atom. The molecular formula is C18H24N2OS. The largest absolute Gasteiger partial charge is 0.378 e. The molecule has 0 aliphatic carbocycles. The fraction of sp³-hybridized carbons (Fsp3) is 0.278. The van der Waals surface area contributed by atoms with Gasteiger partial charge in [0.1, 0.15) is 0 Å². The van der Waals surface area contributed by atoms with Crippen molar-refractivity contribution in [1.82, 2.24) is 0 Å². The Bertz CT molecular complexity index is 531. The number of rotatable bonds is 4. The molecule has 2 aromatic carbocycles. The van der Waals surface area contributed by atoms with Crippen LogP contribution in [0.15, 0.2) is 60.7 Å². The predicted molar refractivity (Wildman–Crippen MR) is 98.9 cm³/mol. The average molecular weight is 316 g/mol. The third kappa shape index (κ3) is 6.68. The second-order valence-corrected chi connectivity index (χ2v) is 5.54. The van der Waals surface area contributed by atoms with Crippen LogP contribution in [-0.4, -0.2) is 25.8 Å². The van der Waals surface area contributed by atoms with Crippen LogP contribution in [0.2, 0.25) is 0 Å². The highest BCUT2D eigenvalue weighted by molar-refractivity contribution is 7.80. The van der Waals surface area contributed by atoms with E-state index in [9.17, 15) is 4.79 Å². The van der Waals surface area contributed by atoms with Crippen molar-refractivity contribution in [1.29, 1.82) is 0 Å². The molecule has 0 bridgehead atoms. The Morgan fingerprint density at radius 3 is 2.09 bits per heavy atom. The van der Waals surface area contributed by atoms with Gasteiger partial charge in [-0.2, -0.15) is 12.6 Å². The zero-order chi connectivity index (χ0) is 16.4. The van der Waals surface area contributed by atoms with Crippen LogP contribution in [0.4, 0.5) is 11.4 Å². The van der Waals surface area contributed by atoms with Crippen LogP contribution >= 0.6 is 12.6 Å². The van der Waals surface area contributed by atoms with Gasteiger partial charge in [0.15, 0.2) is 0 Å². The summed E-state index contributed by atoms with van der Waals surface area (Å²) in [4.78, 5) is 13.6. The molecule has 0 heterocycles. The number of nitrogens with zero attached hydrogens (tertiary/aromatic N) is 1. The zero-order valence-corrected chi connectivity index (χ0v) is 14.3. The van der Waals surface area contributed by atoms with Crippen molar-refractivity contribution in [3.05, 3.63) is 60.7 Å². The molecule has 2 aromatic rings. The molecule has 22 heavy (non-hydrogen) atoms. The number of hydrogen-bond acceptors (Lipinski definition) is 3. The second kappa shape index (κ2) is 9.90. The predicted octanol–water partition coefficient (Wildman–Crippen LogP) is 3.94. The topological polar surface area (TPSA) is 32.3 Å². The minimum atomic E-state index is -0.0775. The molecule has 0 aromatic heterocycles. The SMILES string of the molecule is CC(CS)C(=O)Nc1cccc(N(C)C)c1.c1ccccc1. The Morgan fingerprint density at radius 1 is 1.09 bits per heavy atom. The van der Waals surface area contributed by atoms with Gasteiger partial charge >= 0.3 is 0 Å². The number of amides is 1. The second-order valence-electron chi connectivity index (χ2n) is 5.17. The Hall–Kier alpha value is -1.94. The third-order valence-corrected chi connectivity index (χ3v) is 3.57. The molecule has 1 unspecified atom stereocenters. The summed E-state index contributed by atoms with van der Waals surface area (Å²) in [5.74, 6) is 0.483. The molecule has 2 rings (SSSR count). The maximum Gasteiger partial charge on any atom is 0.228 e. The zero-order valence-electron chi connectivity index (χ0n) is 13.4. The molecule has 0 fully saturated rings. The Kier molecular flexibility index (Phi) is 8.15. The molecule has 0 aliphatic heterocycles. The van der Waals surface area contributed by atoms with Crippen molar-refractivity contribution < 1.29 is 4.79 Å². The van der Waals surface area contributed by atoms with E-state index in [4.69, 9.17) is 0 Å². The van der Waals surface area contributed by atoms with Gasteiger partial charge in [-0.25, -0.2) is 0 Å². The molecule has 3 nitrogen and oxygen atoms in total. The smallest absolute Gasteiger partial charge is 0.228 e. The van der Waals surface area contributed by atoms with E-state index in [0.29, 0.717) is 5.75 Å². The van der Waals surface area contributed by atoms with Crippen LogP contribution in [-0.2, 0) is 4.79 Å². The Labute approximate surface area is 138 Å². The van der Waals surface area contributed by atoms with Crippen molar-refractivity contribution in [2.45, 2.75) is 6.92 Å². The molecule has 0 aliphatic rings. The fourth-order valence-corrected chi connectivity index (χ4v) is 1.76. The summed E-state index contributed by atoms with van der Waals surface area (Å²) in [6, 6.07) is 19.8. The van der Waals surface area contributed by atoms with Gasteiger partial charge in [-0.15, -0.1) is 0 Å². The first kappa shape index (κ1) is 18.1. The van der Waals surface area contributed by atoms with Crippen LogP contribution in [0.5, 0.6) is 0 Å². The number of thiol groups is 1. The van der Waals surface area contributed by atoms with Crippen LogP contribution < -0.4 is 10.2 Å². The lowest BCUT2D eigenvalue weighted by atomic mass is 10.2. The number of carbonyl (C=O) groups excluding carboxylic acids is 1. The van der Waals surface area contributed by atoms with Gasteiger partial charge in [0.2, 0.25) is 5.91 Å². The number of carbonyl (C=O) groups is 1. The summed E-state index contributed by atoms with van der Waals surface area (Å²) in [5, 5.41) is 2.87. The molecule has 4 heteroatoms. The standard InChI is InChI=1S/C12H18N2OS.C6H6/c1-9(8-16)12(15)13-10-5-4-6-11(7-10)14(2)3;1-2-4-6-5-3-1/h4-7,9,16H,8H2,1-3H3,(H,13,15);1-6H. The molecule has 0 spiro atoms. The highest BCUT2D eigenvalue weighted by Crippen LogP contribution is 2.17. The number of anilines is 2. The van der Waals surface area contributed by atoms with Crippen molar-refractivity contribution in [2.24, 2.45) is 5.92 Å². The molecule has 0 saturated carbocycles. The van der Waals surface area contributed by atoms with E-state index in [1.54, 1.807) is 0 Å². The van der Waals surface area contributed by atoms with Crippen LogP contribution in [0.1, 0.15) is 6.92 Å². The lowest BCUT2D eigenvalue weighted by Crippen LogP contribution is -2.21. The fourth-order valence-electron chi connectivity index (χ4n) is 1.60. The summed E-state index contributed by atoms with van der Waals surface area (Å²) >= 11 is 4.11. The quantitative estimate of drug-likeness (QED) is 0.837. The van der Waals surface area contributed by atoms with E-state index in [0.717, 1.165) is 11.4 Å². The first-order valence-corrected chi connectivity index (χ1v) is 7.87. The molecule has 1 N–H and O–H groups in total. The van der Waals surface area contributed by atoms with Gasteiger partial charge in [-0.1, -0.05) is 49.4 Å². The summed E-state index contributed by atoms with van der Waals surface area (Å²) in [6.45, 7) is 1.86. The number of hydrogen-bond donors (Lipinski definition) is 2. The highest BCUT2D eigenvalue weighted by atomic mass is 32.1. The summed E-state index contributed by atoms with van der Waals surface area (Å²) in [6.07, 6.45) is 0. The van der Waals surface area contributed by atoms with Crippen molar-refractivity contribution in [3.63, 3.8) is 0 Å². The van der Waals surface area contributed by atoms with Crippen LogP contribution in [0, 0.1) is 5.92 Å². The average Bonchev–Trinajstić information content (AvgIpc) is 2.56. The molecule has 1 atom stereocenters. The molecule has 1 amide bonds. The van der Waals surface area contributed by atoms with Gasteiger partial charge in [-0.3, -0.25) is 4.79 Å². The number of nitrogens with one attached hydrogen (secondary N) is 1. The molecule has 0 saturated heterocycles. The maximum atomic E-state index is 11.7. The minimum Gasteiger partial charge on any atom is -0.378 e. The maximum absolute atomic E-state index is 11.7. The monoisotopic (exact) mass is 316 g/mol. The summed E-state index contributed by atoms with van der Waals surface area (Å²) in [5.41, 5.74) is 1.89. The van der Waals surface area contributed by atoms with Crippen molar-refractivity contribution in [2.75, 3.05) is 30.1 Å². The van der Waals surface area contributed by atoms with Crippen molar-refractivity contribution >= 4 is 29.9 Å². The third-order valence-electron chi connectivity index (χ3n) is 3.02. The van der Waals surface area contributed by atoms with Gasteiger partial charge < -0.3 is 10.2 Å². The van der Waals surface area contributed by atoms with Gasteiger partial charge in [0, 0.05) is 37.1 Å². The van der Waals surface area contributed by atoms with E-state index in [-0.39, 0.29) is 11.8 Å². The van der Waals surface area contributed by atoms with Gasteiger partial charge in [-0.05, 0) is 18.2 Å². The van der Waals surface area contributed by atoms with Gasteiger partial charge in [0.25, 0.3) is 0 Å². The lowest BCUT2D eigenvalue weighted by Gasteiger charge is -2.15. The minimum absolute atomic E-state index is 0.00547. The van der Waals surface area contributed by atoms with Gasteiger partial charge in [0.05, 0.1) is 0 Å². The van der Waals surface area contributed by atoms with E-state index in [1.807, 2.05) is 86.6 Å². The van der Waals surface area contributed by atoms with E-state index in [2.05, 4.69) is 17.9 Å². The normalized spacial score (nSPS) is 10.9. The van der Waals surface area contributed by atoms with E-state index < -0.39 is 0 Å². The lowest BCUT2D eigenvalue weighted by molar-refractivity contribution is -0.118. The first-order chi connectivity index (χ1) is 10.5. The van der Waals surface area contributed by atoms with E-state index in [1.165, 1.54) is 0 Å². The van der Waals surface area contributed by atoms with Crippen LogP contribution in [0.3, 0.4) is 0 Å². The Balaban J connectivity index is 0.000000335. The van der Waals surface area contributed by atoms with Crippen LogP contribution in [0.25, 0.3) is 0 Å². The molecular weight excluding hydrogens is 292 g/mol.